The van der Waals surface area contributed by atoms with Crippen LogP contribution in [-0.2, 0) is 0 Å². The summed E-state index contributed by atoms with van der Waals surface area (Å²) in [5, 5.41) is 0.895. The monoisotopic (exact) mass is 219 g/mol. The van der Waals surface area contributed by atoms with Gasteiger partial charge in [-0.15, -0.1) is 0 Å². The zero-order valence-corrected chi connectivity index (χ0v) is 9.30. The summed E-state index contributed by atoms with van der Waals surface area (Å²) in [6.45, 7) is 0.691. The number of hydrogen-bond donors (Lipinski definition) is 0. The minimum atomic E-state index is 0.686. The highest BCUT2D eigenvalue weighted by Crippen LogP contribution is 2.10. The van der Waals surface area contributed by atoms with Crippen molar-refractivity contribution in [3.63, 3.8) is 0 Å². The van der Waals surface area contributed by atoms with Crippen molar-refractivity contribution < 1.29 is 0 Å². The van der Waals surface area contributed by atoms with Gasteiger partial charge in [0.2, 0.25) is 0 Å². The molecule has 0 radical (unpaired) electrons. The van der Waals surface area contributed by atoms with Crippen molar-refractivity contribution in [3.8, 4) is 0 Å². The zero-order valence-electron chi connectivity index (χ0n) is 6.85. The summed E-state index contributed by atoms with van der Waals surface area (Å²) in [6, 6.07) is 0. The molecule has 0 aliphatic rings. The molecule has 0 spiro atoms. The van der Waals surface area contributed by atoms with Gasteiger partial charge in [-0.2, -0.15) is 0 Å². The molecule has 0 N–H and O–H groups in total. The smallest absolute Gasteiger partial charge is 0.191 e. The van der Waals surface area contributed by atoms with Gasteiger partial charge in [0.1, 0.15) is 5.01 Å². The number of nitrogens with zero attached hydrogens (tertiary/aromatic N) is 3. The molecule has 0 bridgehead atoms. The molecule has 0 aromatic carbocycles. The lowest BCUT2D eigenvalue weighted by molar-refractivity contribution is 0.425. The summed E-state index contributed by atoms with van der Waals surface area (Å²) in [6.07, 6.45) is 1.76. The van der Waals surface area contributed by atoms with E-state index in [2.05, 4.69) is 9.98 Å². The van der Waals surface area contributed by atoms with Crippen molar-refractivity contribution in [3.05, 3.63) is 8.96 Å². The first-order valence-corrected chi connectivity index (χ1v) is 5.86. The minimum absolute atomic E-state index is 0.686. The topological polar surface area (TPSA) is 28.5 Å². The predicted molar refractivity (Wildman–Crippen MR) is 57.0 cm³/mol. The second-order valence-corrected chi connectivity index (χ2v) is 5.20. The Bertz CT molecular complexity index is 312. The molecule has 12 heavy (non-hydrogen) atoms. The first kappa shape index (κ1) is 9.91. The molecule has 6 heteroatoms. The van der Waals surface area contributed by atoms with E-state index in [1.165, 1.54) is 10.3 Å². The molecule has 3 nitrogen and oxygen atoms in total. The fraction of sp³-hybridized carbons (Fsp3) is 0.500. The summed E-state index contributed by atoms with van der Waals surface area (Å²) in [7, 11) is 7.01. The molecule has 0 saturated carbocycles. The summed E-state index contributed by atoms with van der Waals surface area (Å²) in [5.41, 5.74) is 0. The van der Waals surface area contributed by atoms with Gasteiger partial charge in [0.25, 0.3) is 0 Å². The molecule has 0 aliphatic heterocycles. The van der Waals surface area contributed by atoms with Crippen LogP contribution < -0.4 is 0 Å². The summed E-state index contributed by atoms with van der Waals surface area (Å²) < 4.78 is 0.686. The van der Waals surface area contributed by atoms with Gasteiger partial charge in [0.15, 0.2) is 3.95 Å². The van der Waals surface area contributed by atoms with Crippen LogP contribution in [0, 0.1) is 3.95 Å². The van der Waals surface area contributed by atoms with E-state index in [9.17, 15) is 0 Å². The van der Waals surface area contributed by atoms with Crippen LogP contribution >= 0.6 is 32.9 Å². The van der Waals surface area contributed by atoms with Crippen molar-refractivity contribution in [2.24, 2.45) is 4.99 Å². The van der Waals surface area contributed by atoms with Gasteiger partial charge in [-0.1, -0.05) is 10.3 Å². The van der Waals surface area contributed by atoms with Crippen LogP contribution in [0.3, 0.4) is 0 Å². The van der Waals surface area contributed by atoms with Crippen LogP contribution in [0.1, 0.15) is 5.01 Å². The van der Waals surface area contributed by atoms with Gasteiger partial charge >= 0.3 is 0 Å². The maximum Gasteiger partial charge on any atom is 0.191 e. The highest BCUT2D eigenvalue weighted by atomic mass is 32.9. The quantitative estimate of drug-likeness (QED) is 0.441. The lowest BCUT2D eigenvalue weighted by atomic mass is 10.7. The third-order valence-electron chi connectivity index (χ3n) is 0.966. The molecule has 0 unspecified atom stereocenters. The number of rotatable bonds is 3. The minimum Gasteiger partial charge on any atom is -0.291 e. The number of aliphatic imine (C=N–C) groups is 1. The predicted octanol–water partition coefficient (Wildman–Crippen LogP) is 1.87. The third kappa shape index (κ3) is 3.48. The highest BCUT2D eigenvalue weighted by molar-refractivity contribution is 7.79. The maximum absolute atomic E-state index is 4.88. The van der Waals surface area contributed by atoms with Gasteiger partial charge < -0.3 is 0 Å². The lowest BCUT2D eigenvalue weighted by Crippen LogP contribution is -2.10. The average Bonchev–Trinajstić information content (AvgIpc) is 2.35. The Kier molecular flexibility index (Phi) is 3.93. The zero-order chi connectivity index (χ0) is 8.97. The first-order chi connectivity index (χ1) is 5.68. The Balaban J connectivity index is 2.52. The summed E-state index contributed by atoms with van der Waals surface area (Å²) in [4.78, 5) is 10.2. The average molecular weight is 219 g/mol. The molecule has 1 heterocycles. The SMILES string of the molecule is CN(C)C/N=C/c1nc(=S)ss1. The van der Waals surface area contributed by atoms with E-state index in [1.54, 1.807) is 16.6 Å². The lowest BCUT2D eigenvalue weighted by Gasteiger charge is -2.01. The molecule has 1 rings (SSSR count). The van der Waals surface area contributed by atoms with Crippen molar-refractivity contribution in [1.29, 1.82) is 0 Å². The third-order valence-corrected chi connectivity index (χ3v) is 3.54. The second kappa shape index (κ2) is 4.76. The van der Waals surface area contributed by atoms with Crippen LogP contribution in [0.15, 0.2) is 4.99 Å². The van der Waals surface area contributed by atoms with E-state index in [0.29, 0.717) is 10.6 Å². The molecule has 1 aromatic rings. The van der Waals surface area contributed by atoms with Gasteiger partial charge in [-0.3, -0.25) is 9.89 Å². The molecule has 0 atom stereocenters. The maximum atomic E-state index is 4.88. The van der Waals surface area contributed by atoms with Crippen LogP contribution in [0.25, 0.3) is 0 Å². The Labute approximate surface area is 83.8 Å². The van der Waals surface area contributed by atoms with Crippen LogP contribution in [0.2, 0.25) is 0 Å². The van der Waals surface area contributed by atoms with E-state index in [4.69, 9.17) is 12.2 Å². The fourth-order valence-electron chi connectivity index (χ4n) is 0.538. The van der Waals surface area contributed by atoms with Gasteiger partial charge in [0.05, 0.1) is 12.9 Å². The molecular weight excluding hydrogens is 210 g/mol. The number of aromatic nitrogens is 1. The molecule has 0 amide bonds. The Morgan fingerprint density at radius 1 is 1.58 bits per heavy atom. The van der Waals surface area contributed by atoms with Gasteiger partial charge in [0, 0.05) is 0 Å². The van der Waals surface area contributed by atoms with Gasteiger partial charge in [-0.05, 0) is 36.7 Å². The second-order valence-electron chi connectivity index (χ2n) is 2.42. The van der Waals surface area contributed by atoms with Crippen molar-refractivity contribution in [2.45, 2.75) is 0 Å². The molecule has 1 aromatic heterocycles. The Hall–Kier alpha value is -0.170. The van der Waals surface area contributed by atoms with Gasteiger partial charge in [-0.25, -0.2) is 4.98 Å². The highest BCUT2D eigenvalue weighted by Gasteiger charge is 1.91. The molecule has 66 valence electrons. The summed E-state index contributed by atoms with van der Waals surface area (Å²) in [5.74, 6) is 0. The Morgan fingerprint density at radius 2 is 2.33 bits per heavy atom. The van der Waals surface area contributed by atoms with Crippen LogP contribution in [-0.4, -0.2) is 36.9 Å². The largest absolute Gasteiger partial charge is 0.291 e. The first-order valence-electron chi connectivity index (χ1n) is 3.30. The molecule has 0 aliphatic carbocycles. The molecule has 0 fully saturated rings. The van der Waals surface area contributed by atoms with Crippen molar-refractivity contribution in [2.75, 3.05) is 20.8 Å². The normalized spacial score (nSPS) is 11.6. The van der Waals surface area contributed by atoms with Crippen molar-refractivity contribution >= 4 is 39.1 Å². The van der Waals surface area contributed by atoms with E-state index in [0.717, 1.165) is 5.01 Å². The van der Waals surface area contributed by atoms with Crippen molar-refractivity contribution in [1.82, 2.24) is 9.88 Å². The van der Waals surface area contributed by atoms with E-state index in [1.807, 2.05) is 19.0 Å². The summed E-state index contributed by atoms with van der Waals surface area (Å²) >= 11 is 4.88. The van der Waals surface area contributed by atoms with Crippen LogP contribution in [0.4, 0.5) is 0 Å². The van der Waals surface area contributed by atoms with E-state index in [-0.39, 0.29) is 0 Å². The number of hydrogen-bond acceptors (Lipinski definition) is 6. The van der Waals surface area contributed by atoms with E-state index >= 15 is 0 Å². The van der Waals surface area contributed by atoms with Crippen LogP contribution in [0.5, 0.6) is 0 Å². The Morgan fingerprint density at radius 3 is 2.83 bits per heavy atom. The standard InChI is InChI=1S/C6H9N3S3/c1-9(2)4-7-3-5-8-6(10)12-11-5/h3H,4H2,1-2H3/b7-3+. The molecular formula is C6H9N3S3. The van der Waals surface area contributed by atoms with E-state index < -0.39 is 0 Å². The fourth-order valence-corrected chi connectivity index (χ4v) is 2.42. The molecule has 0 saturated heterocycles.